The Hall–Kier alpha value is -3.95. The molecule has 0 radical (unpaired) electrons. The molecule has 11 heteroatoms. The van der Waals surface area contributed by atoms with Gasteiger partial charge in [-0.25, -0.2) is 14.2 Å². The number of para-hydroxylation sites is 2. The fraction of sp³-hybridized carbons (Fsp3) is 0.161. The van der Waals surface area contributed by atoms with Crippen molar-refractivity contribution in [2.24, 2.45) is 0 Å². The van der Waals surface area contributed by atoms with E-state index in [-0.39, 0.29) is 23.7 Å². The van der Waals surface area contributed by atoms with Crippen LogP contribution in [-0.2, 0) is 23.3 Å². The Balaban J connectivity index is 1.41. The molecule has 0 N–H and O–H groups in total. The van der Waals surface area contributed by atoms with Crippen LogP contribution < -0.4 is 9.05 Å². The zero-order valence-electron chi connectivity index (χ0n) is 22.1. The van der Waals surface area contributed by atoms with Crippen molar-refractivity contribution in [2.45, 2.75) is 23.3 Å². The molecule has 5 rings (SSSR count). The number of hydrogen-bond donors (Lipinski definition) is 0. The third kappa shape index (κ3) is 7.66. The van der Waals surface area contributed by atoms with Crippen LogP contribution in [0.15, 0.2) is 121 Å². The number of carbonyl (C=O) groups is 2. The fourth-order valence-corrected chi connectivity index (χ4v) is 6.34. The van der Waals surface area contributed by atoms with Gasteiger partial charge in [-0.2, -0.15) is 0 Å². The molecule has 0 aromatic heterocycles. The predicted molar refractivity (Wildman–Crippen MR) is 157 cm³/mol. The Morgan fingerprint density at radius 3 is 1.62 bits per heavy atom. The minimum Gasteiger partial charge on any atom is -0.459 e. The second-order valence-electron chi connectivity index (χ2n) is 9.05. The topological polar surface area (TPSA) is 107 Å². The standard InChI is InChI=1S/C31H26BrO9P/c32-29-28(41-42(35,39-24-17-9-3-10-18-24)40-25-19-11-4-12-20-25)27(38-31(34)23-15-7-2-8-16-23)26(37-29)21-36-30(33)22-13-5-1-6-14-22/h1-20,26-29H,21H2/t26-,27-,28-,29-/m1/s1. The van der Waals surface area contributed by atoms with E-state index >= 15 is 0 Å². The molecule has 4 aromatic rings. The lowest BCUT2D eigenvalue weighted by atomic mass is 10.1. The third-order valence-electron chi connectivity index (χ3n) is 6.07. The number of halogens is 1. The molecule has 9 nitrogen and oxygen atoms in total. The Labute approximate surface area is 251 Å². The van der Waals surface area contributed by atoms with Crippen molar-refractivity contribution >= 4 is 35.7 Å². The van der Waals surface area contributed by atoms with Crippen LogP contribution in [0.4, 0.5) is 0 Å². The van der Waals surface area contributed by atoms with Crippen LogP contribution >= 0.6 is 23.8 Å². The molecule has 1 aliphatic heterocycles. The summed E-state index contributed by atoms with van der Waals surface area (Å²) < 4.78 is 48.9. The number of alkyl halides is 1. The Bertz CT molecular complexity index is 1460. The van der Waals surface area contributed by atoms with Crippen molar-refractivity contribution in [2.75, 3.05) is 6.61 Å². The van der Waals surface area contributed by atoms with Gasteiger partial charge < -0.3 is 23.3 Å². The zero-order chi connectivity index (χ0) is 29.4. The quantitative estimate of drug-likeness (QED) is 0.0977. The maximum absolute atomic E-state index is 14.1. The van der Waals surface area contributed by atoms with Gasteiger partial charge in [-0.15, -0.1) is 0 Å². The SMILES string of the molecule is O=C(OC[C@H]1O[C@@H](Br)[C@H](OP(=O)(Oc2ccccc2)Oc2ccccc2)[C@@H]1OC(=O)c1ccccc1)c1ccccc1. The van der Waals surface area contributed by atoms with Crippen LogP contribution in [-0.4, -0.2) is 41.9 Å². The first kappa shape index (κ1) is 29.5. The van der Waals surface area contributed by atoms with Gasteiger partial charge in [0.05, 0.1) is 11.1 Å². The van der Waals surface area contributed by atoms with E-state index in [4.69, 9.17) is 27.8 Å². The summed E-state index contributed by atoms with van der Waals surface area (Å²) in [4.78, 5) is 25.8. The van der Waals surface area contributed by atoms with Gasteiger partial charge in [-0.3, -0.25) is 4.52 Å². The van der Waals surface area contributed by atoms with Crippen LogP contribution in [0.2, 0.25) is 0 Å². The Kier molecular flexibility index (Phi) is 9.71. The molecule has 0 aliphatic carbocycles. The van der Waals surface area contributed by atoms with Gasteiger partial charge in [-0.1, -0.05) is 88.7 Å². The second-order valence-corrected chi connectivity index (χ2v) is 11.4. The first-order valence-corrected chi connectivity index (χ1v) is 15.3. The first-order chi connectivity index (χ1) is 20.4. The van der Waals surface area contributed by atoms with E-state index in [9.17, 15) is 14.2 Å². The van der Waals surface area contributed by atoms with Gasteiger partial charge >= 0.3 is 19.8 Å². The summed E-state index contributed by atoms with van der Waals surface area (Å²) in [5, 5.41) is -0.946. The summed E-state index contributed by atoms with van der Waals surface area (Å²) >= 11 is 3.40. The van der Waals surface area contributed by atoms with E-state index in [0.29, 0.717) is 5.56 Å². The van der Waals surface area contributed by atoms with Crippen molar-refractivity contribution in [3.63, 3.8) is 0 Å². The summed E-state index contributed by atoms with van der Waals surface area (Å²) in [6, 6.07) is 33.5. The van der Waals surface area contributed by atoms with Crippen LogP contribution in [0.5, 0.6) is 11.5 Å². The summed E-state index contributed by atoms with van der Waals surface area (Å²) in [5.74, 6) is -0.809. The number of hydrogen-bond acceptors (Lipinski definition) is 9. The van der Waals surface area contributed by atoms with Gasteiger partial charge in [0.25, 0.3) is 0 Å². The summed E-state index contributed by atoms with van der Waals surface area (Å²) in [6.45, 7) is -0.286. The van der Waals surface area contributed by atoms with E-state index in [1.165, 1.54) is 0 Å². The number of phosphoric acid groups is 1. The molecule has 4 atom stereocenters. The van der Waals surface area contributed by atoms with Crippen molar-refractivity contribution < 1.29 is 41.9 Å². The van der Waals surface area contributed by atoms with E-state index in [1.54, 1.807) is 121 Å². The zero-order valence-corrected chi connectivity index (χ0v) is 24.5. The van der Waals surface area contributed by atoms with Gasteiger partial charge in [0.15, 0.2) is 6.10 Å². The van der Waals surface area contributed by atoms with Crippen LogP contribution in [0, 0.1) is 0 Å². The largest absolute Gasteiger partial charge is 0.588 e. The molecule has 216 valence electrons. The maximum atomic E-state index is 14.1. The molecular formula is C31H26BrO9P. The second kappa shape index (κ2) is 13.8. The average Bonchev–Trinajstić information content (AvgIpc) is 3.30. The summed E-state index contributed by atoms with van der Waals surface area (Å²) in [7, 11) is -4.42. The highest BCUT2D eigenvalue weighted by molar-refractivity contribution is 9.09. The molecule has 0 unspecified atom stereocenters. The number of phosphoric ester groups is 1. The lowest BCUT2D eigenvalue weighted by Gasteiger charge is -2.27. The van der Waals surface area contributed by atoms with Crippen LogP contribution in [0.1, 0.15) is 20.7 Å². The number of rotatable bonds is 11. The van der Waals surface area contributed by atoms with Crippen LogP contribution in [0.3, 0.4) is 0 Å². The minimum absolute atomic E-state index is 0.230. The molecule has 0 spiro atoms. The Morgan fingerprint density at radius 2 is 1.12 bits per heavy atom. The number of carbonyl (C=O) groups excluding carboxylic acids is 2. The molecule has 0 bridgehead atoms. The lowest BCUT2D eigenvalue weighted by Crippen LogP contribution is -2.40. The monoisotopic (exact) mass is 652 g/mol. The average molecular weight is 653 g/mol. The van der Waals surface area contributed by atoms with Gasteiger partial charge in [-0.05, 0) is 48.5 Å². The van der Waals surface area contributed by atoms with Gasteiger partial charge in [0.2, 0.25) is 0 Å². The third-order valence-corrected chi connectivity index (χ3v) is 8.17. The number of esters is 2. The Morgan fingerprint density at radius 1 is 0.667 bits per heavy atom. The molecule has 1 fully saturated rings. The van der Waals surface area contributed by atoms with E-state index < -0.39 is 43.1 Å². The minimum atomic E-state index is -4.42. The molecule has 4 aromatic carbocycles. The molecule has 1 heterocycles. The molecule has 0 saturated carbocycles. The first-order valence-electron chi connectivity index (χ1n) is 13.0. The van der Waals surface area contributed by atoms with Gasteiger partial charge in [0.1, 0.15) is 35.3 Å². The molecule has 0 amide bonds. The van der Waals surface area contributed by atoms with E-state index in [0.717, 1.165) is 0 Å². The number of ether oxygens (including phenoxy) is 3. The smallest absolute Gasteiger partial charge is 0.459 e. The molecule has 42 heavy (non-hydrogen) atoms. The van der Waals surface area contributed by atoms with E-state index in [2.05, 4.69) is 15.9 Å². The van der Waals surface area contributed by atoms with Crippen molar-refractivity contribution in [1.29, 1.82) is 0 Å². The van der Waals surface area contributed by atoms with Crippen molar-refractivity contribution in [3.05, 3.63) is 132 Å². The molecular weight excluding hydrogens is 627 g/mol. The van der Waals surface area contributed by atoms with Crippen molar-refractivity contribution in [1.82, 2.24) is 0 Å². The molecule has 1 aliphatic rings. The summed E-state index contributed by atoms with van der Waals surface area (Å²) in [6.07, 6.45) is -3.37. The highest BCUT2D eigenvalue weighted by atomic mass is 79.9. The summed E-state index contributed by atoms with van der Waals surface area (Å²) in [5.41, 5.74) is 0.618. The predicted octanol–water partition coefficient (Wildman–Crippen LogP) is 6.84. The number of benzene rings is 4. The lowest BCUT2D eigenvalue weighted by molar-refractivity contribution is -0.0383. The highest BCUT2D eigenvalue weighted by Crippen LogP contribution is 2.53. The normalized spacial score (nSPS) is 19.9. The highest BCUT2D eigenvalue weighted by Gasteiger charge is 2.52. The van der Waals surface area contributed by atoms with Crippen LogP contribution in [0.25, 0.3) is 0 Å². The fourth-order valence-electron chi connectivity index (χ4n) is 4.08. The molecule has 1 saturated heterocycles. The van der Waals surface area contributed by atoms with Gasteiger partial charge in [0, 0.05) is 0 Å². The van der Waals surface area contributed by atoms with Crippen molar-refractivity contribution in [3.8, 4) is 11.5 Å². The van der Waals surface area contributed by atoms with E-state index in [1.807, 2.05) is 0 Å². The maximum Gasteiger partial charge on any atom is 0.588 e.